The van der Waals surface area contributed by atoms with Crippen LogP contribution in [0.3, 0.4) is 0 Å². The van der Waals surface area contributed by atoms with Gasteiger partial charge in [-0.25, -0.2) is 0 Å². The van der Waals surface area contributed by atoms with Gasteiger partial charge in [-0.3, -0.25) is 9.59 Å². The summed E-state index contributed by atoms with van der Waals surface area (Å²) >= 11 is 0. The first kappa shape index (κ1) is 11.9. The molecule has 2 aromatic rings. The van der Waals surface area contributed by atoms with Crippen LogP contribution in [0.15, 0.2) is 58.8 Å². The number of carbonyl (C=O) groups is 1. The van der Waals surface area contributed by atoms with Crippen LogP contribution in [0, 0.1) is 0 Å². The van der Waals surface area contributed by atoms with Gasteiger partial charge in [-0.2, -0.15) is 0 Å². The molecular weight excluding hydrogens is 230 g/mol. The van der Waals surface area contributed by atoms with Crippen molar-refractivity contribution < 1.29 is 14.0 Å². The predicted molar refractivity (Wildman–Crippen MR) is 66.3 cm³/mol. The second-order valence-corrected chi connectivity index (χ2v) is 3.50. The van der Waals surface area contributed by atoms with E-state index in [1.54, 1.807) is 12.4 Å². The fourth-order valence-electron chi connectivity index (χ4n) is 1.40. The van der Waals surface area contributed by atoms with Gasteiger partial charge in [0, 0.05) is 0 Å². The fraction of sp³-hybridized carbons (Fsp3) is 0. The van der Waals surface area contributed by atoms with Crippen LogP contribution in [0.25, 0.3) is 6.08 Å². The Kier molecular flexibility index (Phi) is 3.71. The molecule has 2 rings (SSSR count). The molecule has 18 heavy (non-hydrogen) atoms. The minimum Gasteiger partial charge on any atom is -0.459 e. The van der Waals surface area contributed by atoms with E-state index in [-0.39, 0.29) is 11.5 Å². The maximum Gasteiger partial charge on any atom is 0.291 e. The molecule has 1 N–H and O–H groups in total. The number of rotatable bonds is 4. The Labute approximate surface area is 104 Å². The van der Waals surface area contributed by atoms with E-state index in [2.05, 4.69) is 5.32 Å². The Morgan fingerprint density at radius 2 is 1.94 bits per heavy atom. The van der Waals surface area contributed by atoms with Crippen LogP contribution in [-0.2, 0) is 4.79 Å². The zero-order valence-electron chi connectivity index (χ0n) is 9.42. The zero-order chi connectivity index (χ0) is 12.8. The Morgan fingerprint density at radius 1 is 1.17 bits per heavy atom. The number of nitrogens with one attached hydrogen (secondary N) is 1. The monoisotopic (exact) mass is 240 g/mol. The van der Waals surface area contributed by atoms with Gasteiger partial charge in [0.1, 0.15) is 0 Å². The molecule has 1 aromatic carbocycles. The maximum atomic E-state index is 11.6. The van der Waals surface area contributed by atoms with E-state index in [4.69, 9.17) is 4.42 Å². The molecular formula is C14H10NO3. The van der Waals surface area contributed by atoms with E-state index in [1.165, 1.54) is 18.4 Å². The first-order valence-electron chi connectivity index (χ1n) is 5.29. The molecule has 0 unspecified atom stereocenters. The molecule has 0 aliphatic heterocycles. The van der Waals surface area contributed by atoms with Gasteiger partial charge in [0.05, 0.1) is 12.0 Å². The van der Waals surface area contributed by atoms with Crippen molar-refractivity contribution in [1.29, 1.82) is 0 Å². The van der Waals surface area contributed by atoms with Gasteiger partial charge in [0.2, 0.25) is 0 Å². The quantitative estimate of drug-likeness (QED) is 0.833. The van der Waals surface area contributed by atoms with Crippen LogP contribution >= 0.6 is 0 Å². The van der Waals surface area contributed by atoms with Gasteiger partial charge in [0.15, 0.2) is 5.76 Å². The lowest BCUT2D eigenvalue weighted by molar-refractivity contribution is 0.0940. The van der Waals surface area contributed by atoms with Crippen molar-refractivity contribution in [3.8, 4) is 0 Å². The van der Waals surface area contributed by atoms with E-state index in [0.29, 0.717) is 0 Å². The van der Waals surface area contributed by atoms with Crippen LogP contribution in [0.5, 0.6) is 0 Å². The molecule has 1 aromatic heterocycles. The smallest absolute Gasteiger partial charge is 0.291 e. The number of benzene rings is 1. The summed E-state index contributed by atoms with van der Waals surface area (Å²) in [5.41, 5.74) is 0.859. The molecule has 0 fully saturated rings. The molecule has 89 valence electrons. The largest absolute Gasteiger partial charge is 0.459 e. The number of allylic oxidation sites excluding steroid dienone is 1. The molecule has 1 heterocycles. The molecule has 0 saturated heterocycles. The summed E-state index contributed by atoms with van der Waals surface area (Å²) in [6, 6.07) is 12.3. The van der Waals surface area contributed by atoms with Gasteiger partial charge >= 0.3 is 0 Å². The van der Waals surface area contributed by atoms with Gasteiger partial charge in [-0.1, -0.05) is 30.3 Å². The van der Waals surface area contributed by atoms with Crippen molar-refractivity contribution in [1.82, 2.24) is 5.32 Å². The highest BCUT2D eigenvalue weighted by molar-refractivity contribution is 5.97. The number of amides is 1. The van der Waals surface area contributed by atoms with Crippen molar-refractivity contribution in [2.24, 2.45) is 0 Å². The highest BCUT2D eigenvalue weighted by Crippen LogP contribution is 2.05. The molecule has 1 amide bonds. The van der Waals surface area contributed by atoms with Crippen molar-refractivity contribution in [2.75, 3.05) is 0 Å². The minimum atomic E-state index is -0.481. The zero-order valence-corrected chi connectivity index (χ0v) is 9.42. The van der Waals surface area contributed by atoms with Crippen LogP contribution < -0.4 is 5.32 Å². The van der Waals surface area contributed by atoms with Crippen LogP contribution in [0.2, 0.25) is 0 Å². The predicted octanol–water partition coefficient (Wildman–Crippen LogP) is 2.16. The molecule has 0 spiro atoms. The summed E-state index contributed by atoms with van der Waals surface area (Å²) < 4.78 is 4.92. The third kappa shape index (κ3) is 2.95. The second-order valence-electron chi connectivity index (χ2n) is 3.50. The van der Waals surface area contributed by atoms with Gasteiger partial charge in [-0.05, 0) is 23.8 Å². The maximum absolute atomic E-state index is 11.6. The molecule has 4 nitrogen and oxygen atoms in total. The van der Waals surface area contributed by atoms with Crippen molar-refractivity contribution in [3.05, 3.63) is 65.7 Å². The summed E-state index contributed by atoms with van der Waals surface area (Å²) in [7, 11) is 0. The van der Waals surface area contributed by atoms with E-state index in [1.807, 2.05) is 30.3 Å². The number of hydrogen-bond acceptors (Lipinski definition) is 3. The van der Waals surface area contributed by atoms with Gasteiger partial charge in [-0.15, -0.1) is 0 Å². The first-order valence-corrected chi connectivity index (χ1v) is 5.29. The Bertz CT molecular complexity index is 556. The molecule has 0 aliphatic carbocycles. The van der Waals surface area contributed by atoms with E-state index in [0.717, 1.165) is 5.56 Å². The highest BCUT2D eigenvalue weighted by Gasteiger charge is 2.10. The lowest BCUT2D eigenvalue weighted by Crippen LogP contribution is -2.22. The SMILES string of the molecule is O=[C]C(=Cc1ccccc1)NC(=O)c1ccco1. The normalized spacial score (nSPS) is 11.0. The van der Waals surface area contributed by atoms with Crippen LogP contribution in [0.1, 0.15) is 16.1 Å². The number of hydrogen-bond donors (Lipinski definition) is 1. The third-order valence-electron chi connectivity index (χ3n) is 2.21. The van der Waals surface area contributed by atoms with Crippen molar-refractivity contribution in [2.45, 2.75) is 0 Å². The Hall–Kier alpha value is -2.62. The molecule has 0 atom stereocenters. The Morgan fingerprint density at radius 3 is 2.56 bits per heavy atom. The lowest BCUT2D eigenvalue weighted by atomic mass is 10.2. The lowest BCUT2D eigenvalue weighted by Gasteiger charge is -2.01. The fourth-order valence-corrected chi connectivity index (χ4v) is 1.40. The summed E-state index contributed by atoms with van der Waals surface area (Å²) in [5, 5.41) is 2.42. The van der Waals surface area contributed by atoms with Crippen LogP contribution in [0.4, 0.5) is 0 Å². The Balaban J connectivity index is 2.13. The van der Waals surface area contributed by atoms with Crippen molar-refractivity contribution in [3.63, 3.8) is 0 Å². The minimum absolute atomic E-state index is 0.0580. The topological polar surface area (TPSA) is 59.3 Å². The second kappa shape index (κ2) is 5.63. The molecule has 0 saturated carbocycles. The van der Waals surface area contributed by atoms with E-state index >= 15 is 0 Å². The summed E-state index contributed by atoms with van der Waals surface area (Å²) in [6.45, 7) is 0. The molecule has 1 radical (unpaired) electrons. The highest BCUT2D eigenvalue weighted by atomic mass is 16.3. The molecule has 4 heteroatoms. The van der Waals surface area contributed by atoms with E-state index < -0.39 is 5.91 Å². The number of carbonyl (C=O) groups excluding carboxylic acids is 2. The molecule has 0 aliphatic rings. The summed E-state index contributed by atoms with van der Waals surface area (Å²) in [5.74, 6) is -0.338. The van der Waals surface area contributed by atoms with Gasteiger partial charge < -0.3 is 9.73 Å². The summed E-state index contributed by atoms with van der Waals surface area (Å²) in [4.78, 5) is 22.4. The third-order valence-corrected chi connectivity index (χ3v) is 2.21. The summed E-state index contributed by atoms with van der Waals surface area (Å²) in [6.07, 6.45) is 4.61. The first-order chi connectivity index (χ1) is 8.79. The molecule has 0 bridgehead atoms. The van der Waals surface area contributed by atoms with Crippen molar-refractivity contribution >= 4 is 18.3 Å². The average Bonchev–Trinajstić information content (AvgIpc) is 2.93. The average molecular weight is 240 g/mol. The van der Waals surface area contributed by atoms with Crippen LogP contribution in [-0.4, -0.2) is 12.2 Å². The number of furan rings is 1. The van der Waals surface area contributed by atoms with E-state index in [9.17, 15) is 9.59 Å². The van der Waals surface area contributed by atoms with Gasteiger partial charge in [0.25, 0.3) is 12.2 Å². The standard InChI is InChI=1S/C14H10NO3/c16-10-12(9-11-5-2-1-3-6-11)15-14(17)13-7-4-8-18-13/h1-9H,(H,15,17).